The molecule has 1 saturated heterocycles. The number of unbranched alkanes of at least 4 members (excludes halogenated alkanes) is 1. The van der Waals surface area contributed by atoms with Crippen molar-refractivity contribution in [3.63, 3.8) is 0 Å². The van der Waals surface area contributed by atoms with Crippen molar-refractivity contribution in [1.82, 2.24) is 15.5 Å². The minimum atomic E-state index is -0.995. The molecule has 3 atom stereocenters. The number of hydrogen-bond acceptors (Lipinski definition) is 9. The average molecular weight is 654 g/mol. The third-order valence-electron chi connectivity index (χ3n) is 7.50. The Morgan fingerprint density at radius 3 is 2.43 bits per heavy atom. The minimum absolute atomic E-state index is 0.102. The Balaban J connectivity index is 1.49. The summed E-state index contributed by atoms with van der Waals surface area (Å²) in [6, 6.07) is 12.0. The summed E-state index contributed by atoms with van der Waals surface area (Å²) in [5.41, 5.74) is 18.0. The maximum Gasteiger partial charge on any atom is 0.407 e. The fourth-order valence-corrected chi connectivity index (χ4v) is 5.03. The quantitative estimate of drug-likeness (QED) is 0.0471. The van der Waals surface area contributed by atoms with Crippen LogP contribution in [0.3, 0.4) is 0 Å². The molecular formula is C31H43N9O7. The van der Waals surface area contributed by atoms with Gasteiger partial charge in [-0.2, -0.15) is 0 Å². The van der Waals surface area contributed by atoms with Gasteiger partial charge in [0.15, 0.2) is 5.96 Å². The molecule has 16 nitrogen and oxygen atoms in total. The topological polar surface area (TPSA) is 250 Å². The van der Waals surface area contributed by atoms with Crippen LogP contribution in [0, 0.1) is 10.1 Å². The van der Waals surface area contributed by atoms with Gasteiger partial charge in [0.05, 0.1) is 11.0 Å². The predicted octanol–water partition coefficient (Wildman–Crippen LogP) is 1.49. The number of carbonyl (C=O) groups is 4. The summed E-state index contributed by atoms with van der Waals surface area (Å²) in [4.78, 5) is 67.5. The second-order valence-corrected chi connectivity index (χ2v) is 11.1. The number of nitrogens with one attached hydrogen (secondary N) is 3. The molecule has 0 aromatic heterocycles. The molecule has 0 bridgehead atoms. The van der Waals surface area contributed by atoms with Crippen molar-refractivity contribution in [2.24, 2.45) is 22.2 Å². The zero-order valence-electron chi connectivity index (χ0n) is 26.1. The van der Waals surface area contributed by atoms with Gasteiger partial charge in [0.2, 0.25) is 17.7 Å². The van der Waals surface area contributed by atoms with Crippen LogP contribution in [0.15, 0.2) is 59.6 Å². The van der Waals surface area contributed by atoms with Crippen LogP contribution in [0.4, 0.5) is 16.2 Å². The summed E-state index contributed by atoms with van der Waals surface area (Å²) in [5, 5.41) is 19.0. The van der Waals surface area contributed by atoms with Gasteiger partial charge in [-0.1, -0.05) is 30.3 Å². The van der Waals surface area contributed by atoms with E-state index in [2.05, 4.69) is 20.9 Å². The molecule has 2 aromatic carbocycles. The van der Waals surface area contributed by atoms with Crippen LogP contribution in [0.1, 0.15) is 50.5 Å². The van der Waals surface area contributed by atoms with E-state index in [1.165, 1.54) is 29.2 Å². The van der Waals surface area contributed by atoms with E-state index >= 15 is 0 Å². The molecule has 4 amide bonds. The molecule has 2 aromatic rings. The molecule has 0 saturated carbocycles. The fourth-order valence-electron chi connectivity index (χ4n) is 5.03. The van der Waals surface area contributed by atoms with Gasteiger partial charge in [-0.05, 0) is 62.6 Å². The van der Waals surface area contributed by atoms with Crippen LogP contribution in [0.25, 0.3) is 0 Å². The van der Waals surface area contributed by atoms with E-state index in [1.54, 1.807) is 0 Å². The van der Waals surface area contributed by atoms with Gasteiger partial charge in [-0.3, -0.25) is 29.5 Å². The highest BCUT2D eigenvalue weighted by Crippen LogP contribution is 2.21. The molecule has 0 spiro atoms. The second-order valence-electron chi connectivity index (χ2n) is 11.1. The van der Waals surface area contributed by atoms with Gasteiger partial charge >= 0.3 is 6.09 Å². The lowest BCUT2D eigenvalue weighted by atomic mass is 10.1. The smallest absolute Gasteiger partial charge is 0.407 e. The molecule has 0 radical (unpaired) electrons. The molecule has 1 fully saturated rings. The van der Waals surface area contributed by atoms with Crippen LogP contribution in [0.5, 0.6) is 0 Å². The van der Waals surface area contributed by atoms with Gasteiger partial charge in [-0.15, -0.1) is 0 Å². The molecule has 9 N–H and O–H groups in total. The highest BCUT2D eigenvalue weighted by Gasteiger charge is 2.37. The Bertz CT molecular complexity index is 1390. The van der Waals surface area contributed by atoms with Gasteiger partial charge in [0, 0.05) is 37.5 Å². The van der Waals surface area contributed by atoms with Crippen molar-refractivity contribution >= 4 is 41.1 Å². The number of alkyl carbamates (subject to hydrolysis) is 1. The number of rotatable bonds is 17. The SMILES string of the molecule is NC(N)=NCCCC(NC(=O)C1CCCN1C(=O)C(N)CCCCNC(=O)OCc1ccccc1)C(=O)Nc1ccc([N+](=O)[O-])cc1. The van der Waals surface area contributed by atoms with Crippen LogP contribution >= 0.6 is 0 Å². The summed E-state index contributed by atoms with van der Waals surface area (Å²) in [6.45, 7) is 1.10. The first-order valence-electron chi connectivity index (χ1n) is 15.5. The number of aliphatic imine (C=N–C) groups is 1. The number of nitro benzene ring substituents is 1. The summed E-state index contributed by atoms with van der Waals surface area (Å²) in [6.07, 6.45) is 2.53. The maximum absolute atomic E-state index is 13.4. The first kappa shape index (κ1) is 36.2. The van der Waals surface area contributed by atoms with E-state index in [1.807, 2.05) is 30.3 Å². The Morgan fingerprint density at radius 1 is 1.02 bits per heavy atom. The van der Waals surface area contributed by atoms with Crippen molar-refractivity contribution in [2.45, 2.75) is 69.7 Å². The van der Waals surface area contributed by atoms with Crippen molar-refractivity contribution < 1.29 is 28.8 Å². The standard InChI is InChI=1S/C31H43N9O7/c32-24(10-4-5-17-36-31(44)47-20-21-8-2-1-3-9-21)29(43)39-19-7-12-26(39)28(42)38-25(11-6-18-35-30(33)34)27(41)37-22-13-15-23(16-14-22)40(45)46/h1-3,8-9,13-16,24-26H,4-7,10-12,17-20,32H2,(H,36,44)(H,37,41)(H,38,42)(H4,33,34,35). The van der Waals surface area contributed by atoms with Gasteiger partial charge in [0.1, 0.15) is 18.7 Å². The lowest BCUT2D eigenvalue weighted by molar-refractivity contribution is -0.384. The number of ether oxygens (including phenoxy) is 1. The number of likely N-dealkylation sites (tertiary alicyclic amines) is 1. The molecule has 16 heteroatoms. The number of amides is 4. The normalized spacial score (nSPS) is 15.2. The lowest BCUT2D eigenvalue weighted by Crippen LogP contribution is -2.54. The van der Waals surface area contributed by atoms with Crippen molar-refractivity contribution in [1.29, 1.82) is 0 Å². The maximum atomic E-state index is 13.4. The van der Waals surface area contributed by atoms with E-state index in [4.69, 9.17) is 21.9 Å². The molecule has 1 aliphatic rings. The lowest BCUT2D eigenvalue weighted by Gasteiger charge is -2.28. The Kier molecular flexibility index (Phi) is 14.4. The third-order valence-corrected chi connectivity index (χ3v) is 7.50. The van der Waals surface area contributed by atoms with E-state index in [9.17, 15) is 29.3 Å². The number of benzene rings is 2. The zero-order valence-corrected chi connectivity index (χ0v) is 26.1. The third kappa shape index (κ3) is 12.2. The zero-order chi connectivity index (χ0) is 34.2. The van der Waals surface area contributed by atoms with Crippen molar-refractivity contribution in [3.8, 4) is 0 Å². The number of nitro groups is 1. The van der Waals surface area contributed by atoms with E-state index < -0.39 is 41.0 Å². The van der Waals surface area contributed by atoms with Crippen LogP contribution in [0.2, 0.25) is 0 Å². The van der Waals surface area contributed by atoms with E-state index in [-0.39, 0.29) is 37.1 Å². The number of hydrogen-bond donors (Lipinski definition) is 6. The number of non-ortho nitro benzene ring substituents is 1. The average Bonchev–Trinajstić information content (AvgIpc) is 3.55. The van der Waals surface area contributed by atoms with E-state index in [0.717, 1.165) is 5.56 Å². The molecule has 1 aliphatic heterocycles. The molecular weight excluding hydrogens is 610 g/mol. The minimum Gasteiger partial charge on any atom is -0.445 e. The summed E-state index contributed by atoms with van der Waals surface area (Å²) in [5.74, 6) is -1.50. The molecule has 3 unspecified atom stereocenters. The molecule has 0 aliphatic carbocycles. The van der Waals surface area contributed by atoms with Crippen molar-refractivity contribution in [2.75, 3.05) is 25.0 Å². The van der Waals surface area contributed by atoms with Crippen LogP contribution in [-0.2, 0) is 25.7 Å². The monoisotopic (exact) mass is 653 g/mol. The number of nitrogens with zero attached hydrogens (tertiary/aromatic N) is 3. The molecule has 1 heterocycles. The number of nitrogens with two attached hydrogens (primary N) is 3. The van der Waals surface area contributed by atoms with E-state index in [0.29, 0.717) is 57.3 Å². The number of carbonyl (C=O) groups excluding carboxylic acids is 4. The molecule has 47 heavy (non-hydrogen) atoms. The molecule has 3 rings (SSSR count). The number of anilines is 1. The first-order chi connectivity index (χ1) is 22.5. The van der Waals surface area contributed by atoms with Gasteiger partial charge < -0.3 is 42.8 Å². The van der Waals surface area contributed by atoms with Crippen LogP contribution < -0.4 is 33.2 Å². The van der Waals surface area contributed by atoms with Crippen molar-refractivity contribution in [3.05, 3.63) is 70.3 Å². The highest BCUT2D eigenvalue weighted by atomic mass is 16.6. The Hall–Kier alpha value is -5.25. The summed E-state index contributed by atoms with van der Waals surface area (Å²) in [7, 11) is 0. The van der Waals surface area contributed by atoms with Gasteiger partial charge in [0.25, 0.3) is 5.69 Å². The summed E-state index contributed by atoms with van der Waals surface area (Å²) >= 11 is 0. The largest absolute Gasteiger partial charge is 0.445 e. The number of guanidine groups is 1. The Morgan fingerprint density at radius 2 is 1.74 bits per heavy atom. The molecule has 254 valence electrons. The van der Waals surface area contributed by atoms with Crippen LogP contribution in [-0.4, -0.2) is 77.4 Å². The Labute approximate surface area is 272 Å². The fraction of sp³-hybridized carbons (Fsp3) is 0.452. The second kappa shape index (κ2) is 18.7. The predicted molar refractivity (Wildman–Crippen MR) is 175 cm³/mol. The first-order valence-corrected chi connectivity index (χ1v) is 15.5. The summed E-state index contributed by atoms with van der Waals surface area (Å²) < 4.78 is 5.18. The van der Waals surface area contributed by atoms with Gasteiger partial charge in [-0.25, -0.2) is 4.79 Å². The highest BCUT2D eigenvalue weighted by molar-refractivity contribution is 5.98.